The van der Waals surface area contributed by atoms with Gasteiger partial charge in [0.25, 0.3) is 0 Å². The number of carbonyl (C=O) groups is 2. The van der Waals surface area contributed by atoms with E-state index in [-0.39, 0.29) is 17.7 Å². The van der Waals surface area contributed by atoms with Gasteiger partial charge in [0, 0.05) is 19.4 Å². The van der Waals surface area contributed by atoms with E-state index in [1.54, 1.807) is 0 Å². The molecule has 0 aromatic heterocycles. The Kier molecular flexibility index (Phi) is 30.6. The maximum atomic E-state index is 13.0. The molecule has 0 saturated heterocycles. The fourth-order valence-corrected chi connectivity index (χ4v) is 7.01. The van der Waals surface area contributed by atoms with Gasteiger partial charge >= 0.3 is 0 Å². The van der Waals surface area contributed by atoms with Gasteiger partial charge in [-0.3, -0.25) is 9.59 Å². The molecule has 298 valence electrons. The van der Waals surface area contributed by atoms with Crippen molar-refractivity contribution in [1.82, 2.24) is 10.6 Å². The lowest BCUT2D eigenvalue weighted by atomic mass is 9.97. The fourth-order valence-electron chi connectivity index (χ4n) is 6.62. The van der Waals surface area contributed by atoms with Gasteiger partial charge in [-0.1, -0.05) is 156 Å². The first kappa shape index (κ1) is 48.8. The van der Waals surface area contributed by atoms with E-state index in [0.29, 0.717) is 25.9 Å². The maximum absolute atomic E-state index is 13.0. The molecule has 50 heavy (non-hydrogen) atoms. The second kappa shape index (κ2) is 31.3. The zero-order valence-corrected chi connectivity index (χ0v) is 34.7. The highest BCUT2D eigenvalue weighted by atomic mass is 32.2. The average molecular weight is 730 g/mol. The molecule has 0 fully saturated rings. The first-order valence-corrected chi connectivity index (χ1v) is 22.6. The minimum absolute atomic E-state index is 0.0177. The molecule has 0 aromatic carbocycles. The number of hydrogen-bond acceptors (Lipinski definition) is 5. The van der Waals surface area contributed by atoms with E-state index >= 15 is 0 Å². The smallest absolute Gasteiger partial charge is 0.242 e. The molecule has 0 rings (SSSR count). The maximum Gasteiger partial charge on any atom is 0.242 e. The van der Waals surface area contributed by atoms with Crippen molar-refractivity contribution in [2.45, 2.75) is 212 Å². The van der Waals surface area contributed by atoms with Gasteiger partial charge in [0.2, 0.25) is 11.8 Å². The summed E-state index contributed by atoms with van der Waals surface area (Å²) < 4.78 is 34.1. The van der Waals surface area contributed by atoms with Crippen LogP contribution in [-0.4, -0.2) is 74.3 Å². The quantitative estimate of drug-likeness (QED) is 0.0379. The van der Waals surface area contributed by atoms with Crippen molar-refractivity contribution in [2.24, 2.45) is 5.92 Å². The van der Waals surface area contributed by atoms with Gasteiger partial charge in [-0.05, 0) is 38.5 Å². The summed E-state index contributed by atoms with van der Waals surface area (Å²) in [6.07, 6.45) is 31.8. The molecule has 0 aliphatic carbocycles. The van der Waals surface area contributed by atoms with Gasteiger partial charge in [-0.25, -0.2) is 8.42 Å². The molecule has 9 heteroatoms. The topological polar surface area (TPSA) is 115 Å². The largest absolute Gasteiger partial charge is 0.748 e. The Bertz CT molecular complexity index is 927. The highest BCUT2D eigenvalue weighted by molar-refractivity contribution is 7.86. The lowest BCUT2D eigenvalue weighted by molar-refractivity contribution is -0.890. The number of hydrogen-bond donors (Lipinski definition) is 2. The van der Waals surface area contributed by atoms with E-state index in [1.165, 1.54) is 110 Å². The number of nitrogens with zero attached hydrogens (tertiary/aromatic N) is 1. The number of unbranched alkanes of at least 4 members (excludes halogenated alkanes) is 22. The van der Waals surface area contributed by atoms with Crippen molar-refractivity contribution in [2.75, 3.05) is 33.7 Å². The average Bonchev–Trinajstić information content (AvgIpc) is 3.07. The van der Waals surface area contributed by atoms with Gasteiger partial charge in [-0.15, -0.1) is 0 Å². The molecule has 8 nitrogen and oxygen atoms in total. The minimum atomic E-state index is -4.20. The van der Waals surface area contributed by atoms with Gasteiger partial charge in [0.15, 0.2) is 0 Å². The predicted molar refractivity (Wildman–Crippen MR) is 211 cm³/mol. The van der Waals surface area contributed by atoms with Crippen molar-refractivity contribution in [3.8, 4) is 0 Å². The zero-order chi connectivity index (χ0) is 37.5. The van der Waals surface area contributed by atoms with Crippen LogP contribution in [0.4, 0.5) is 0 Å². The summed E-state index contributed by atoms with van der Waals surface area (Å²) in [4.78, 5) is 25.6. The summed E-state index contributed by atoms with van der Waals surface area (Å²) in [5, 5.41) is 5.31. The second-order valence-electron chi connectivity index (χ2n) is 16.1. The highest BCUT2D eigenvalue weighted by Crippen LogP contribution is 2.16. The third-order valence-electron chi connectivity index (χ3n) is 10.7. The Morgan fingerprint density at radius 3 is 1.48 bits per heavy atom. The summed E-state index contributed by atoms with van der Waals surface area (Å²) in [5.74, 6) is 0.0447. The summed E-state index contributed by atoms with van der Waals surface area (Å²) in [6, 6.07) is -0.458. The molecule has 1 unspecified atom stereocenters. The zero-order valence-electron chi connectivity index (χ0n) is 33.8. The molecule has 0 heterocycles. The van der Waals surface area contributed by atoms with Crippen molar-refractivity contribution in [3.63, 3.8) is 0 Å². The fraction of sp³-hybridized carbons (Fsp3) is 0.951. The van der Waals surface area contributed by atoms with Crippen molar-refractivity contribution < 1.29 is 27.0 Å². The molecule has 3 atom stereocenters. The number of nitrogens with one attached hydrogen (secondary N) is 2. The van der Waals surface area contributed by atoms with Crippen LogP contribution < -0.4 is 10.6 Å². The molecule has 0 aromatic rings. The van der Waals surface area contributed by atoms with Gasteiger partial charge in [0.1, 0.15) is 6.04 Å². The molecule has 0 spiro atoms. The Hall–Kier alpha value is -1.19. The molecule has 2 N–H and O–H groups in total. The van der Waals surface area contributed by atoms with Crippen molar-refractivity contribution in [1.29, 1.82) is 0 Å². The van der Waals surface area contributed by atoms with Crippen LogP contribution in [0.2, 0.25) is 0 Å². The second-order valence-corrected chi connectivity index (χ2v) is 17.9. The molecular weight excluding hydrogens is 647 g/mol. The van der Waals surface area contributed by atoms with Crippen LogP contribution in [0, 0.1) is 5.92 Å². The predicted octanol–water partition coefficient (Wildman–Crippen LogP) is 9.81. The van der Waals surface area contributed by atoms with E-state index in [0.717, 1.165) is 68.8 Å². The molecule has 0 bridgehead atoms. The first-order valence-electron chi connectivity index (χ1n) is 21.2. The minimum Gasteiger partial charge on any atom is -0.748 e. The van der Waals surface area contributed by atoms with E-state index in [9.17, 15) is 22.6 Å². The van der Waals surface area contributed by atoms with E-state index < -0.39 is 21.4 Å². The van der Waals surface area contributed by atoms with Crippen LogP contribution in [0.15, 0.2) is 0 Å². The lowest BCUT2D eigenvalue weighted by Crippen LogP contribution is -2.50. The van der Waals surface area contributed by atoms with Crippen LogP contribution in [0.1, 0.15) is 201 Å². The van der Waals surface area contributed by atoms with Crippen LogP contribution in [-0.2, 0) is 19.7 Å². The molecule has 0 saturated carbocycles. The Morgan fingerprint density at radius 2 is 1.04 bits per heavy atom. The molecular formula is C41H83N3O5S. The van der Waals surface area contributed by atoms with Crippen molar-refractivity contribution in [3.05, 3.63) is 0 Å². The number of quaternary nitrogens is 1. The normalized spacial score (nSPS) is 14.0. The van der Waals surface area contributed by atoms with Gasteiger partial charge in [0.05, 0.1) is 42.6 Å². The molecule has 0 aliphatic rings. The molecule has 0 radical (unpaired) electrons. The van der Waals surface area contributed by atoms with Crippen LogP contribution in [0.3, 0.4) is 0 Å². The third-order valence-corrected chi connectivity index (χ3v) is 11.9. The standard InChI is InChI=1S/C41H83N3O5S/c1-7-9-10-11-12-13-14-15-16-17-18-19-21-24-27-30-34-42-41(46)40(37(3)8-2)43-39(45)32-29-26-23-20-22-25-28-31-35-44(5,6)36-33-38(4)50(47,48)49/h37-38,40H,7-36H2,1-6H3,(H2-,42,43,45,46,47,48,49)/t37-,38?,40-/m0/s1. The first-order chi connectivity index (χ1) is 23.8. The highest BCUT2D eigenvalue weighted by Gasteiger charge is 2.25. The summed E-state index contributed by atoms with van der Waals surface area (Å²) in [5.41, 5.74) is 0. The summed E-state index contributed by atoms with van der Waals surface area (Å²) in [7, 11) is -0.00176. The van der Waals surface area contributed by atoms with Crippen LogP contribution in [0.25, 0.3) is 0 Å². The monoisotopic (exact) mass is 730 g/mol. The summed E-state index contributed by atoms with van der Waals surface area (Å²) in [6.45, 7) is 10.2. The van der Waals surface area contributed by atoms with Crippen LogP contribution >= 0.6 is 0 Å². The Labute approximate surface area is 310 Å². The summed E-state index contributed by atoms with van der Waals surface area (Å²) >= 11 is 0. The number of carbonyl (C=O) groups excluding carboxylic acids is 2. The van der Waals surface area contributed by atoms with E-state index in [4.69, 9.17) is 0 Å². The number of rotatable bonds is 36. The van der Waals surface area contributed by atoms with Crippen molar-refractivity contribution >= 4 is 21.9 Å². The number of amides is 2. The Balaban J connectivity index is 3.88. The lowest BCUT2D eigenvalue weighted by Gasteiger charge is -2.31. The third kappa shape index (κ3) is 29.4. The molecule has 0 aliphatic heterocycles. The van der Waals surface area contributed by atoms with Gasteiger partial charge in [-0.2, -0.15) is 0 Å². The van der Waals surface area contributed by atoms with E-state index in [2.05, 4.69) is 38.6 Å². The Morgan fingerprint density at radius 1 is 0.620 bits per heavy atom. The van der Waals surface area contributed by atoms with E-state index in [1.807, 2.05) is 6.92 Å². The van der Waals surface area contributed by atoms with Gasteiger partial charge < -0.3 is 19.7 Å². The molecule has 2 amide bonds. The van der Waals surface area contributed by atoms with Crippen LogP contribution in [0.5, 0.6) is 0 Å². The SMILES string of the molecule is CCCCCCCCCCCCCCCCCCNC(=O)[C@@H](NC(=O)CCCCCCCCCC[N+](C)(C)CCC(C)S(=O)(=O)[O-])[C@@H](C)CC.